The molecule has 20 heavy (non-hydrogen) atoms. The molecule has 108 valence electrons. The summed E-state index contributed by atoms with van der Waals surface area (Å²) >= 11 is 6.08. The maximum atomic E-state index is 12.8. The van der Waals surface area contributed by atoms with Gasteiger partial charge in [0, 0.05) is 29.2 Å². The van der Waals surface area contributed by atoms with Crippen LogP contribution in [-0.4, -0.2) is 36.0 Å². The van der Waals surface area contributed by atoms with Crippen molar-refractivity contribution in [3.8, 4) is 0 Å². The second kappa shape index (κ2) is 5.74. The first kappa shape index (κ1) is 13.9. The zero-order chi connectivity index (χ0) is 14.1. The molecule has 1 aromatic carbocycles. The molecular formula is C16H21ClN2O. The van der Waals surface area contributed by atoms with Gasteiger partial charge in [0.15, 0.2) is 0 Å². The smallest absolute Gasteiger partial charge is 0.254 e. The number of benzene rings is 1. The number of nitrogens with one attached hydrogen (secondary N) is 1. The molecule has 0 aromatic heterocycles. The minimum atomic E-state index is 0.131. The van der Waals surface area contributed by atoms with Crippen LogP contribution in [0, 0.1) is 6.92 Å². The molecule has 1 atom stereocenters. The Morgan fingerprint density at radius 3 is 2.75 bits per heavy atom. The van der Waals surface area contributed by atoms with Crippen LogP contribution in [0.15, 0.2) is 18.2 Å². The number of amides is 1. The Morgan fingerprint density at radius 2 is 2.15 bits per heavy atom. The predicted octanol–water partition coefficient (Wildman–Crippen LogP) is 3.01. The quantitative estimate of drug-likeness (QED) is 0.925. The lowest BCUT2D eigenvalue weighted by Gasteiger charge is -2.26. The van der Waals surface area contributed by atoms with Gasteiger partial charge in [0.1, 0.15) is 0 Å². The summed E-state index contributed by atoms with van der Waals surface area (Å²) in [6.45, 7) is 3.88. The third-order valence-electron chi connectivity index (χ3n) is 4.12. The lowest BCUT2D eigenvalue weighted by atomic mass is 10.1. The second-order valence-electron chi connectivity index (χ2n) is 6.00. The molecule has 2 fully saturated rings. The standard InChI is InChI=1S/C16H21ClN2O/c1-11-7-12(9-13(17)8-11)16(20)19(15-4-5-15)10-14-3-2-6-18-14/h7-9,14-15,18H,2-6,10H2,1H3. The highest BCUT2D eigenvalue weighted by molar-refractivity contribution is 6.31. The zero-order valence-corrected chi connectivity index (χ0v) is 12.6. The molecule has 1 N–H and O–H groups in total. The van der Waals surface area contributed by atoms with Gasteiger partial charge in [-0.2, -0.15) is 0 Å². The van der Waals surface area contributed by atoms with Crippen LogP contribution in [0.5, 0.6) is 0 Å². The molecule has 2 aliphatic rings. The lowest BCUT2D eigenvalue weighted by Crippen LogP contribution is -2.42. The van der Waals surface area contributed by atoms with Gasteiger partial charge < -0.3 is 10.2 Å². The molecule has 3 rings (SSSR count). The molecule has 1 aliphatic heterocycles. The molecule has 4 heteroatoms. The third kappa shape index (κ3) is 3.15. The minimum Gasteiger partial charge on any atom is -0.334 e. The monoisotopic (exact) mass is 292 g/mol. The van der Waals surface area contributed by atoms with E-state index >= 15 is 0 Å². The maximum absolute atomic E-state index is 12.8. The van der Waals surface area contributed by atoms with Crippen molar-refractivity contribution in [1.82, 2.24) is 10.2 Å². The molecule has 1 heterocycles. The summed E-state index contributed by atoms with van der Waals surface area (Å²) in [5, 5.41) is 4.12. The Balaban J connectivity index is 1.77. The van der Waals surface area contributed by atoms with Crippen molar-refractivity contribution in [2.24, 2.45) is 0 Å². The van der Waals surface area contributed by atoms with E-state index in [1.165, 1.54) is 12.8 Å². The molecule has 1 saturated heterocycles. The summed E-state index contributed by atoms with van der Waals surface area (Å²) in [4.78, 5) is 14.8. The van der Waals surface area contributed by atoms with Gasteiger partial charge in [-0.15, -0.1) is 0 Å². The van der Waals surface area contributed by atoms with Crippen molar-refractivity contribution in [3.63, 3.8) is 0 Å². The van der Waals surface area contributed by atoms with Gasteiger partial charge in [0.25, 0.3) is 5.91 Å². The first-order chi connectivity index (χ1) is 9.63. The summed E-state index contributed by atoms with van der Waals surface area (Å²) in [5.41, 5.74) is 1.76. The normalized spacial score (nSPS) is 22.0. The fourth-order valence-corrected chi connectivity index (χ4v) is 3.25. The Morgan fingerprint density at radius 1 is 1.35 bits per heavy atom. The number of hydrogen-bond donors (Lipinski definition) is 1. The summed E-state index contributed by atoms with van der Waals surface area (Å²) in [6.07, 6.45) is 4.66. The van der Waals surface area contributed by atoms with Gasteiger partial charge in [0.2, 0.25) is 0 Å². The van der Waals surface area contributed by atoms with E-state index in [1.807, 2.05) is 24.0 Å². The highest BCUT2D eigenvalue weighted by atomic mass is 35.5. The van der Waals surface area contributed by atoms with Crippen molar-refractivity contribution in [1.29, 1.82) is 0 Å². The number of nitrogens with zero attached hydrogens (tertiary/aromatic N) is 1. The highest BCUT2D eigenvalue weighted by Gasteiger charge is 2.35. The fraction of sp³-hybridized carbons (Fsp3) is 0.562. The molecule has 1 aromatic rings. The highest BCUT2D eigenvalue weighted by Crippen LogP contribution is 2.29. The van der Waals surface area contributed by atoms with E-state index < -0.39 is 0 Å². The van der Waals surface area contributed by atoms with Crippen LogP contribution >= 0.6 is 11.6 Å². The van der Waals surface area contributed by atoms with Crippen LogP contribution in [-0.2, 0) is 0 Å². The summed E-state index contributed by atoms with van der Waals surface area (Å²) in [5.74, 6) is 0.131. The van der Waals surface area contributed by atoms with Gasteiger partial charge >= 0.3 is 0 Å². The molecule has 1 saturated carbocycles. The molecule has 1 aliphatic carbocycles. The lowest BCUT2D eigenvalue weighted by molar-refractivity contribution is 0.0728. The van der Waals surface area contributed by atoms with Crippen LogP contribution in [0.1, 0.15) is 41.6 Å². The number of halogens is 1. The van der Waals surface area contributed by atoms with Crippen LogP contribution in [0.4, 0.5) is 0 Å². The Kier molecular flexibility index (Phi) is 3.99. The molecule has 0 radical (unpaired) electrons. The van der Waals surface area contributed by atoms with Crippen molar-refractivity contribution in [3.05, 3.63) is 34.3 Å². The van der Waals surface area contributed by atoms with Gasteiger partial charge in [0.05, 0.1) is 0 Å². The van der Waals surface area contributed by atoms with E-state index in [0.29, 0.717) is 17.1 Å². The first-order valence-corrected chi connectivity index (χ1v) is 7.83. The first-order valence-electron chi connectivity index (χ1n) is 7.45. The van der Waals surface area contributed by atoms with Crippen molar-refractivity contribution < 1.29 is 4.79 Å². The van der Waals surface area contributed by atoms with E-state index in [0.717, 1.165) is 37.1 Å². The van der Waals surface area contributed by atoms with E-state index in [-0.39, 0.29) is 5.91 Å². The van der Waals surface area contributed by atoms with Crippen LogP contribution in [0.2, 0.25) is 5.02 Å². The Bertz CT molecular complexity index is 487. The topological polar surface area (TPSA) is 32.3 Å². The fourth-order valence-electron chi connectivity index (χ4n) is 2.96. The van der Waals surface area contributed by atoms with Crippen LogP contribution in [0.25, 0.3) is 0 Å². The molecule has 1 unspecified atom stereocenters. The molecule has 0 bridgehead atoms. The van der Waals surface area contributed by atoms with E-state index in [1.54, 1.807) is 6.07 Å². The number of aryl methyl sites for hydroxylation is 1. The number of hydrogen-bond acceptors (Lipinski definition) is 2. The molecular weight excluding hydrogens is 272 g/mol. The van der Waals surface area contributed by atoms with E-state index in [9.17, 15) is 4.79 Å². The maximum Gasteiger partial charge on any atom is 0.254 e. The van der Waals surface area contributed by atoms with Crippen molar-refractivity contribution in [2.45, 2.75) is 44.7 Å². The summed E-state index contributed by atoms with van der Waals surface area (Å²) < 4.78 is 0. The number of carbonyl (C=O) groups is 1. The second-order valence-corrected chi connectivity index (χ2v) is 6.44. The predicted molar refractivity (Wildman–Crippen MR) is 81.3 cm³/mol. The van der Waals surface area contributed by atoms with Gasteiger partial charge in [-0.1, -0.05) is 11.6 Å². The van der Waals surface area contributed by atoms with Crippen molar-refractivity contribution >= 4 is 17.5 Å². The minimum absolute atomic E-state index is 0.131. The van der Waals surface area contributed by atoms with Gasteiger partial charge in [-0.05, 0) is 62.9 Å². The van der Waals surface area contributed by atoms with Gasteiger partial charge in [-0.3, -0.25) is 4.79 Å². The third-order valence-corrected chi connectivity index (χ3v) is 4.34. The summed E-state index contributed by atoms with van der Waals surface area (Å²) in [7, 11) is 0. The van der Waals surface area contributed by atoms with Crippen LogP contribution < -0.4 is 5.32 Å². The molecule has 0 spiro atoms. The summed E-state index contributed by atoms with van der Waals surface area (Å²) in [6, 6.07) is 6.50. The Hall–Kier alpha value is -1.06. The number of carbonyl (C=O) groups excluding carboxylic acids is 1. The van der Waals surface area contributed by atoms with E-state index in [2.05, 4.69) is 5.32 Å². The van der Waals surface area contributed by atoms with Gasteiger partial charge in [-0.25, -0.2) is 0 Å². The van der Waals surface area contributed by atoms with E-state index in [4.69, 9.17) is 11.6 Å². The number of rotatable bonds is 4. The SMILES string of the molecule is Cc1cc(Cl)cc(C(=O)N(CC2CCCN2)C2CC2)c1. The molecule has 3 nitrogen and oxygen atoms in total. The average molecular weight is 293 g/mol. The molecule has 1 amide bonds. The van der Waals surface area contributed by atoms with Crippen molar-refractivity contribution in [2.75, 3.05) is 13.1 Å². The average Bonchev–Trinajstić information content (AvgIpc) is 3.11. The Labute approximate surface area is 125 Å². The largest absolute Gasteiger partial charge is 0.334 e. The zero-order valence-electron chi connectivity index (χ0n) is 11.9. The van der Waals surface area contributed by atoms with Crippen LogP contribution in [0.3, 0.4) is 0 Å².